The number of aryl methyl sites for hydroxylation is 1. The van der Waals surface area contributed by atoms with Crippen molar-refractivity contribution in [1.29, 1.82) is 0 Å². The van der Waals surface area contributed by atoms with E-state index in [1.165, 1.54) is 0 Å². The SMILES string of the molecule is COc1cccc(C2c3[nH]c4ccccc4c3CC3C(=O)N(CCCn4ccnc4)CC(=O)N32)c1OC. The second-order valence-electron chi connectivity index (χ2n) is 9.48. The molecule has 4 heterocycles. The zero-order valence-electron chi connectivity index (χ0n) is 20.9. The van der Waals surface area contributed by atoms with Crippen molar-refractivity contribution in [3.8, 4) is 11.5 Å². The molecular formula is C28H29N5O4. The van der Waals surface area contributed by atoms with Gasteiger partial charge in [-0.1, -0.05) is 30.3 Å². The average Bonchev–Trinajstić information content (AvgIpc) is 3.57. The van der Waals surface area contributed by atoms with Crippen molar-refractivity contribution < 1.29 is 19.1 Å². The summed E-state index contributed by atoms with van der Waals surface area (Å²) in [6, 6.07) is 12.6. The monoisotopic (exact) mass is 499 g/mol. The van der Waals surface area contributed by atoms with Crippen molar-refractivity contribution in [2.24, 2.45) is 0 Å². The van der Waals surface area contributed by atoms with E-state index >= 15 is 0 Å². The molecule has 37 heavy (non-hydrogen) atoms. The number of imidazole rings is 1. The number of amides is 2. The van der Waals surface area contributed by atoms with Gasteiger partial charge in [-0.3, -0.25) is 9.59 Å². The molecular weight excluding hydrogens is 470 g/mol. The van der Waals surface area contributed by atoms with Crippen molar-refractivity contribution >= 4 is 22.7 Å². The second-order valence-corrected chi connectivity index (χ2v) is 9.48. The van der Waals surface area contributed by atoms with Crippen molar-refractivity contribution in [2.75, 3.05) is 27.3 Å². The van der Waals surface area contributed by atoms with Crippen LogP contribution >= 0.6 is 0 Å². The summed E-state index contributed by atoms with van der Waals surface area (Å²) in [6.07, 6.45) is 6.60. The molecule has 2 aliphatic heterocycles. The van der Waals surface area contributed by atoms with Gasteiger partial charge in [-0.15, -0.1) is 0 Å². The first-order valence-electron chi connectivity index (χ1n) is 12.5. The molecule has 1 N–H and O–H groups in total. The first-order chi connectivity index (χ1) is 18.1. The summed E-state index contributed by atoms with van der Waals surface area (Å²) < 4.78 is 13.3. The molecule has 0 aliphatic carbocycles. The highest BCUT2D eigenvalue weighted by Gasteiger charge is 2.48. The summed E-state index contributed by atoms with van der Waals surface area (Å²) in [4.78, 5) is 38.7. The molecule has 4 aromatic rings. The van der Waals surface area contributed by atoms with Crippen LogP contribution in [0.4, 0.5) is 0 Å². The molecule has 1 fully saturated rings. The minimum Gasteiger partial charge on any atom is -0.493 e. The Hall–Kier alpha value is -4.27. The number of methoxy groups -OCH3 is 2. The summed E-state index contributed by atoms with van der Waals surface area (Å²) in [7, 11) is 3.19. The third-order valence-electron chi connectivity index (χ3n) is 7.47. The summed E-state index contributed by atoms with van der Waals surface area (Å²) in [5.41, 5.74) is 3.75. The topological polar surface area (TPSA) is 92.7 Å². The lowest BCUT2D eigenvalue weighted by Gasteiger charge is -2.47. The number of aromatic amines is 1. The maximum atomic E-state index is 13.9. The average molecular weight is 500 g/mol. The van der Waals surface area contributed by atoms with Gasteiger partial charge in [0.05, 0.1) is 27.1 Å². The molecule has 0 bridgehead atoms. The Morgan fingerprint density at radius 2 is 1.92 bits per heavy atom. The maximum Gasteiger partial charge on any atom is 0.246 e. The van der Waals surface area contributed by atoms with E-state index in [4.69, 9.17) is 9.47 Å². The van der Waals surface area contributed by atoms with Crippen LogP contribution in [-0.2, 0) is 22.6 Å². The van der Waals surface area contributed by atoms with Gasteiger partial charge in [0.15, 0.2) is 11.5 Å². The maximum absolute atomic E-state index is 13.9. The minimum atomic E-state index is -0.595. The van der Waals surface area contributed by atoms with Gasteiger partial charge in [0.1, 0.15) is 12.1 Å². The molecule has 2 unspecified atom stereocenters. The Balaban J connectivity index is 1.42. The molecule has 6 rings (SSSR count). The molecule has 2 aromatic heterocycles. The highest BCUT2D eigenvalue weighted by molar-refractivity contribution is 5.97. The van der Waals surface area contributed by atoms with Crippen LogP contribution in [0.15, 0.2) is 61.2 Å². The zero-order valence-corrected chi connectivity index (χ0v) is 20.9. The normalized spacial score (nSPS) is 19.2. The van der Waals surface area contributed by atoms with E-state index in [0.717, 1.165) is 40.7 Å². The van der Waals surface area contributed by atoms with Crippen LogP contribution in [0.1, 0.15) is 29.3 Å². The largest absolute Gasteiger partial charge is 0.493 e. The number of fused-ring (bicyclic) bond motifs is 4. The number of aromatic nitrogens is 3. The van der Waals surface area contributed by atoms with Crippen molar-refractivity contribution in [3.63, 3.8) is 0 Å². The van der Waals surface area contributed by atoms with Crippen LogP contribution in [0.3, 0.4) is 0 Å². The lowest BCUT2D eigenvalue weighted by molar-refractivity contribution is -0.158. The number of nitrogens with one attached hydrogen (secondary N) is 1. The zero-order chi connectivity index (χ0) is 25.5. The number of benzene rings is 2. The molecule has 0 spiro atoms. The summed E-state index contributed by atoms with van der Waals surface area (Å²) >= 11 is 0. The highest BCUT2D eigenvalue weighted by Crippen LogP contribution is 2.46. The van der Waals surface area contributed by atoms with Crippen LogP contribution in [0.5, 0.6) is 11.5 Å². The highest BCUT2D eigenvalue weighted by atomic mass is 16.5. The molecule has 1 saturated heterocycles. The number of piperazine rings is 1. The van der Waals surface area contributed by atoms with Gasteiger partial charge in [-0.2, -0.15) is 0 Å². The standard InChI is InChI=1S/C28H29N5O4/c1-36-23-10-5-8-19(27(23)37-2)26-25-20(18-7-3-4-9-21(18)30-25)15-22-28(35)32(16-24(34)33(22)26)13-6-12-31-14-11-29-17-31/h3-5,7-11,14,17,22,26,30H,6,12-13,15-16H2,1-2H3. The van der Waals surface area contributed by atoms with Crippen molar-refractivity contribution in [3.05, 3.63) is 78.0 Å². The third-order valence-corrected chi connectivity index (χ3v) is 7.47. The Labute approximate surface area is 214 Å². The van der Waals surface area contributed by atoms with Gasteiger partial charge in [0.2, 0.25) is 11.8 Å². The number of H-pyrrole nitrogens is 1. The molecule has 2 amide bonds. The Morgan fingerprint density at radius 3 is 2.70 bits per heavy atom. The van der Waals surface area contributed by atoms with Gasteiger partial charge in [0, 0.05) is 54.1 Å². The van der Waals surface area contributed by atoms with E-state index < -0.39 is 12.1 Å². The molecule has 2 atom stereocenters. The number of para-hydroxylation sites is 2. The Bertz CT molecular complexity index is 1460. The van der Waals surface area contributed by atoms with E-state index in [-0.39, 0.29) is 18.4 Å². The predicted octanol–water partition coefficient (Wildman–Crippen LogP) is 3.16. The molecule has 2 aliphatic rings. The smallest absolute Gasteiger partial charge is 0.246 e. The number of carbonyl (C=O) groups excluding carboxylic acids is 2. The van der Waals surface area contributed by atoms with Crippen LogP contribution < -0.4 is 9.47 Å². The van der Waals surface area contributed by atoms with E-state index in [1.54, 1.807) is 36.5 Å². The van der Waals surface area contributed by atoms with Crippen LogP contribution in [0, 0.1) is 0 Å². The van der Waals surface area contributed by atoms with Crippen molar-refractivity contribution in [2.45, 2.75) is 31.5 Å². The minimum absolute atomic E-state index is 0.0203. The molecule has 2 aromatic carbocycles. The molecule has 9 nitrogen and oxygen atoms in total. The van der Waals surface area contributed by atoms with Crippen LogP contribution in [0.25, 0.3) is 10.9 Å². The fourth-order valence-electron chi connectivity index (χ4n) is 5.83. The molecule has 9 heteroatoms. The van der Waals surface area contributed by atoms with E-state index in [2.05, 4.69) is 16.0 Å². The summed E-state index contributed by atoms with van der Waals surface area (Å²) in [5, 5.41) is 1.07. The van der Waals surface area contributed by atoms with Gasteiger partial charge < -0.3 is 28.8 Å². The summed E-state index contributed by atoms with van der Waals surface area (Å²) in [5.74, 6) is 1.04. The van der Waals surface area contributed by atoms with Crippen molar-refractivity contribution in [1.82, 2.24) is 24.3 Å². The second kappa shape index (κ2) is 9.31. The number of hydrogen-bond acceptors (Lipinski definition) is 5. The summed E-state index contributed by atoms with van der Waals surface area (Å²) in [6.45, 7) is 1.31. The van der Waals surface area contributed by atoms with Crippen LogP contribution in [0.2, 0.25) is 0 Å². The fourth-order valence-corrected chi connectivity index (χ4v) is 5.83. The van der Waals surface area contributed by atoms with Gasteiger partial charge in [-0.25, -0.2) is 4.98 Å². The first kappa shape index (κ1) is 23.1. The first-order valence-corrected chi connectivity index (χ1v) is 12.5. The number of ether oxygens (including phenoxy) is 2. The fraction of sp³-hybridized carbons (Fsp3) is 0.321. The quantitative estimate of drug-likeness (QED) is 0.422. The molecule has 0 radical (unpaired) electrons. The number of rotatable bonds is 7. The van der Waals surface area contributed by atoms with Gasteiger partial charge in [-0.05, 0) is 24.1 Å². The van der Waals surface area contributed by atoms with E-state index in [1.807, 2.05) is 47.2 Å². The number of hydrogen-bond donors (Lipinski definition) is 1. The third kappa shape index (κ3) is 3.82. The number of nitrogens with zero attached hydrogens (tertiary/aromatic N) is 4. The van der Waals surface area contributed by atoms with E-state index in [9.17, 15) is 9.59 Å². The van der Waals surface area contributed by atoms with Gasteiger partial charge >= 0.3 is 0 Å². The lowest BCUT2D eigenvalue weighted by Crippen LogP contribution is -2.63. The molecule has 190 valence electrons. The Morgan fingerprint density at radius 1 is 1.05 bits per heavy atom. The number of carbonyl (C=O) groups is 2. The van der Waals surface area contributed by atoms with Crippen LogP contribution in [-0.4, -0.2) is 69.5 Å². The lowest BCUT2D eigenvalue weighted by atomic mass is 9.85. The van der Waals surface area contributed by atoms with Gasteiger partial charge in [0.25, 0.3) is 0 Å². The molecule has 0 saturated carbocycles. The van der Waals surface area contributed by atoms with E-state index in [0.29, 0.717) is 24.5 Å². The predicted molar refractivity (Wildman–Crippen MR) is 137 cm³/mol. The Kier molecular flexibility index (Phi) is 5.82.